The van der Waals surface area contributed by atoms with Gasteiger partial charge in [-0.2, -0.15) is 13.2 Å². The van der Waals surface area contributed by atoms with Gasteiger partial charge in [-0.1, -0.05) is 0 Å². The lowest BCUT2D eigenvalue weighted by Crippen LogP contribution is -2.20. The Balaban J connectivity index is 3.65. The van der Waals surface area contributed by atoms with Crippen LogP contribution in [0.3, 0.4) is 0 Å². The Hall–Kier alpha value is -1.93. The van der Waals surface area contributed by atoms with Gasteiger partial charge in [0.2, 0.25) is 5.88 Å². The zero-order valence-corrected chi connectivity index (χ0v) is 10.4. The minimum atomic E-state index is -5.09. The number of hydrogen-bond donors (Lipinski definition) is 0. The van der Waals surface area contributed by atoms with Crippen LogP contribution in [-0.4, -0.2) is 24.7 Å². The summed E-state index contributed by atoms with van der Waals surface area (Å²) < 4.78 is 73.2. The fraction of sp³-hybridized carbons (Fsp3) is 0.455. The summed E-state index contributed by atoms with van der Waals surface area (Å²) in [7, 11) is 0.883. The van der Waals surface area contributed by atoms with Gasteiger partial charge in [0, 0.05) is 6.20 Å². The van der Waals surface area contributed by atoms with Crippen molar-refractivity contribution in [3.63, 3.8) is 0 Å². The summed E-state index contributed by atoms with van der Waals surface area (Å²) in [4.78, 5) is 14.7. The normalized spacial score (nSPS) is 11.6. The first-order chi connectivity index (χ1) is 9.23. The molecule has 0 amide bonds. The van der Waals surface area contributed by atoms with Gasteiger partial charge in [-0.25, -0.2) is 18.6 Å². The SMILES string of the molecule is CCOC(=O)c1c(C(F)F)cnc(OC)c1C(F)(F)F. The molecule has 0 aliphatic carbocycles. The Bertz CT molecular complexity index is 502. The van der Waals surface area contributed by atoms with Crippen LogP contribution in [0.15, 0.2) is 6.20 Å². The van der Waals surface area contributed by atoms with E-state index in [1.165, 1.54) is 6.92 Å². The third kappa shape index (κ3) is 3.14. The average molecular weight is 299 g/mol. The number of methoxy groups -OCH3 is 1. The lowest BCUT2D eigenvalue weighted by atomic mass is 10.0. The van der Waals surface area contributed by atoms with Crippen LogP contribution in [0, 0.1) is 0 Å². The molecule has 20 heavy (non-hydrogen) atoms. The third-order valence-corrected chi connectivity index (χ3v) is 2.26. The number of aromatic nitrogens is 1. The highest BCUT2D eigenvalue weighted by Gasteiger charge is 2.42. The first kappa shape index (κ1) is 16.1. The molecule has 0 radical (unpaired) electrons. The summed E-state index contributed by atoms with van der Waals surface area (Å²) in [6.07, 6.45) is -7.94. The van der Waals surface area contributed by atoms with E-state index in [1.807, 2.05) is 0 Å². The Morgan fingerprint density at radius 3 is 2.40 bits per heavy atom. The van der Waals surface area contributed by atoms with Crippen molar-refractivity contribution in [3.8, 4) is 5.88 Å². The fourth-order valence-electron chi connectivity index (χ4n) is 1.51. The lowest BCUT2D eigenvalue weighted by Gasteiger charge is -2.17. The number of ether oxygens (including phenoxy) is 2. The smallest absolute Gasteiger partial charge is 0.422 e. The molecule has 0 bridgehead atoms. The highest BCUT2D eigenvalue weighted by Crippen LogP contribution is 2.41. The molecule has 1 heterocycles. The number of hydrogen-bond acceptors (Lipinski definition) is 4. The van der Waals surface area contributed by atoms with Crippen LogP contribution in [0.4, 0.5) is 22.0 Å². The lowest BCUT2D eigenvalue weighted by molar-refractivity contribution is -0.139. The minimum Gasteiger partial charge on any atom is -0.481 e. The third-order valence-electron chi connectivity index (χ3n) is 2.26. The quantitative estimate of drug-likeness (QED) is 0.632. The molecule has 0 unspecified atom stereocenters. The molecule has 0 N–H and O–H groups in total. The van der Waals surface area contributed by atoms with Crippen molar-refractivity contribution in [2.24, 2.45) is 0 Å². The molecule has 4 nitrogen and oxygen atoms in total. The molecule has 9 heteroatoms. The first-order valence-electron chi connectivity index (χ1n) is 5.33. The summed E-state index contributed by atoms with van der Waals surface area (Å²) in [5.74, 6) is -2.47. The van der Waals surface area contributed by atoms with Crippen LogP contribution in [0.5, 0.6) is 5.88 Å². The molecule has 1 aromatic heterocycles. The standard InChI is InChI=1S/C11H10F5NO3/c1-3-20-10(18)6-5(8(12)13)4-17-9(19-2)7(6)11(14,15)16/h4,8H,3H2,1-2H3. The van der Waals surface area contributed by atoms with Gasteiger partial charge in [0.1, 0.15) is 5.56 Å². The number of rotatable bonds is 4. The molecule has 0 spiro atoms. The maximum Gasteiger partial charge on any atom is 0.422 e. The van der Waals surface area contributed by atoms with Crippen molar-refractivity contribution >= 4 is 5.97 Å². The van der Waals surface area contributed by atoms with E-state index >= 15 is 0 Å². The van der Waals surface area contributed by atoms with E-state index in [-0.39, 0.29) is 6.61 Å². The average Bonchev–Trinajstić information content (AvgIpc) is 2.35. The minimum absolute atomic E-state index is 0.260. The summed E-state index contributed by atoms with van der Waals surface area (Å²) in [5.41, 5.74) is -4.10. The van der Waals surface area contributed by atoms with Crippen molar-refractivity contribution in [1.29, 1.82) is 0 Å². The molecule has 0 aliphatic rings. The van der Waals surface area contributed by atoms with Gasteiger partial charge in [0.15, 0.2) is 0 Å². The number of esters is 1. The number of alkyl halides is 5. The number of carbonyl (C=O) groups is 1. The zero-order valence-electron chi connectivity index (χ0n) is 10.4. The van der Waals surface area contributed by atoms with E-state index in [4.69, 9.17) is 0 Å². The molecule has 0 aromatic carbocycles. The Morgan fingerprint density at radius 1 is 1.40 bits per heavy atom. The van der Waals surface area contributed by atoms with E-state index in [0.29, 0.717) is 6.20 Å². The maximum atomic E-state index is 13.0. The van der Waals surface area contributed by atoms with Crippen molar-refractivity contribution in [2.45, 2.75) is 19.5 Å². The van der Waals surface area contributed by atoms with Crippen molar-refractivity contribution < 1.29 is 36.2 Å². The molecule has 0 atom stereocenters. The van der Waals surface area contributed by atoms with Gasteiger partial charge >= 0.3 is 12.1 Å². The van der Waals surface area contributed by atoms with Crippen LogP contribution >= 0.6 is 0 Å². The molecular formula is C11H10F5NO3. The molecule has 0 saturated carbocycles. The monoisotopic (exact) mass is 299 g/mol. The predicted molar refractivity (Wildman–Crippen MR) is 56.7 cm³/mol. The van der Waals surface area contributed by atoms with E-state index in [1.54, 1.807) is 0 Å². The number of nitrogens with zero attached hydrogens (tertiary/aromatic N) is 1. The van der Waals surface area contributed by atoms with Crippen LogP contribution in [-0.2, 0) is 10.9 Å². The van der Waals surface area contributed by atoms with Crippen LogP contribution in [0.2, 0.25) is 0 Å². The largest absolute Gasteiger partial charge is 0.481 e. The van der Waals surface area contributed by atoms with Crippen LogP contribution < -0.4 is 4.74 Å². The highest BCUT2D eigenvalue weighted by atomic mass is 19.4. The van der Waals surface area contributed by atoms with Crippen molar-refractivity contribution in [1.82, 2.24) is 4.98 Å². The topological polar surface area (TPSA) is 48.4 Å². The van der Waals surface area contributed by atoms with E-state index in [0.717, 1.165) is 7.11 Å². The maximum absolute atomic E-state index is 13.0. The van der Waals surface area contributed by atoms with Crippen LogP contribution in [0.1, 0.15) is 34.8 Å². The Labute approximate surface area is 110 Å². The summed E-state index contributed by atoms with van der Waals surface area (Å²) in [6.45, 7) is 1.08. The highest BCUT2D eigenvalue weighted by molar-refractivity contribution is 5.93. The predicted octanol–water partition coefficient (Wildman–Crippen LogP) is 3.22. The Morgan fingerprint density at radius 2 is 2.00 bits per heavy atom. The second kappa shape index (κ2) is 6.02. The molecule has 1 aromatic rings. The summed E-state index contributed by atoms with van der Waals surface area (Å²) >= 11 is 0. The van der Waals surface area contributed by atoms with Gasteiger partial charge in [0.25, 0.3) is 6.43 Å². The Kier molecular flexibility index (Phi) is 4.85. The summed E-state index contributed by atoms with van der Waals surface area (Å²) in [5, 5.41) is 0. The van der Waals surface area contributed by atoms with Crippen LogP contribution in [0.25, 0.3) is 0 Å². The number of pyridine rings is 1. The second-order valence-electron chi connectivity index (χ2n) is 3.49. The van der Waals surface area contributed by atoms with E-state index < -0.39 is 41.1 Å². The molecular weight excluding hydrogens is 289 g/mol. The van der Waals surface area contributed by atoms with E-state index in [9.17, 15) is 26.7 Å². The number of carbonyl (C=O) groups excluding carboxylic acids is 1. The zero-order chi connectivity index (χ0) is 15.5. The second-order valence-corrected chi connectivity index (χ2v) is 3.49. The molecule has 0 saturated heterocycles. The van der Waals surface area contributed by atoms with E-state index in [2.05, 4.69) is 14.5 Å². The molecule has 112 valence electrons. The van der Waals surface area contributed by atoms with Gasteiger partial charge in [-0.05, 0) is 6.92 Å². The molecule has 0 fully saturated rings. The van der Waals surface area contributed by atoms with Gasteiger partial charge in [-0.15, -0.1) is 0 Å². The summed E-state index contributed by atoms with van der Waals surface area (Å²) in [6, 6.07) is 0. The van der Waals surface area contributed by atoms with Gasteiger partial charge < -0.3 is 9.47 Å². The van der Waals surface area contributed by atoms with Crippen molar-refractivity contribution in [2.75, 3.05) is 13.7 Å². The fourth-order valence-corrected chi connectivity index (χ4v) is 1.51. The van der Waals surface area contributed by atoms with Gasteiger partial charge in [0.05, 0.1) is 24.8 Å². The molecule has 0 aliphatic heterocycles. The first-order valence-corrected chi connectivity index (χ1v) is 5.33. The number of halogens is 5. The van der Waals surface area contributed by atoms with Crippen molar-refractivity contribution in [3.05, 3.63) is 22.9 Å². The molecule has 1 rings (SSSR count). The van der Waals surface area contributed by atoms with Gasteiger partial charge in [-0.3, -0.25) is 0 Å².